The lowest BCUT2D eigenvalue weighted by atomic mass is 9.84. The van der Waals surface area contributed by atoms with Crippen LogP contribution in [0.5, 0.6) is 0 Å². The van der Waals surface area contributed by atoms with Crippen molar-refractivity contribution < 1.29 is 30.7 Å². The Hall–Kier alpha value is -2.03. The predicted molar refractivity (Wildman–Crippen MR) is 75.3 cm³/mol. The summed E-state index contributed by atoms with van der Waals surface area (Å²) in [4.78, 5) is 0. The topological polar surface area (TPSA) is 52.0 Å². The van der Waals surface area contributed by atoms with E-state index in [9.17, 15) is 30.7 Å². The fraction of sp³-hybridized carbons (Fsp3) is 0.333. The van der Waals surface area contributed by atoms with Gasteiger partial charge in [0.2, 0.25) is 0 Å². The molecule has 0 saturated carbocycles. The maximum absolute atomic E-state index is 11.2. The second-order valence-electron chi connectivity index (χ2n) is 5.07. The largest absolute Gasteiger partial charge is 0.459 e. The summed E-state index contributed by atoms with van der Waals surface area (Å²) in [6.07, 6.45) is -4.30. The molecular weight excluding hydrogens is 341 g/mol. The number of hydrogen-bond donors (Lipinski definition) is 2. The smallest absolute Gasteiger partial charge is 0.399 e. The second-order valence-corrected chi connectivity index (χ2v) is 5.07. The van der Waals surface area contributed by atoms with Crippen molar-refractivity contribution in [1.82, 2.24) is 0 Å². The van der Waals surface area contributed by atoms with Crippen LogP contribution in [0.25, 0.3) is 0 Å². The van der Waals surface area contributed by atoms with Gasteiger partial charge in [-0.1, -0.05) is 42.5 Å². The molecule has 0 saturated heterocycles. The van der Waals surface area contributed by atoms with Gasteiger partial charge >= 0.3 is 18.5 Å². The highest BCUT2D eigenvalue weighted by Gasteiger charge is 2.64. The van der Waals surface area contributed by atoms with Crippen molar-refractivity contribution in [2.75, 3.05) is 0 Å². The first kappa shape index (κ1) is 20.0. The molecule has 0 heterocycles. The molecule has 0 amide bonds. The van der Waals surface area contributed by atoms with E-state index in [4.69, 9.17) is 11.5 Å². The van der Waals surface area contributed by atoms with Gasteiger partial charge in [0.25, 0.3) is 0 Å². The van der Waals surface area contributed by atoms with Gasteiger partial charge in [-0.05, 0) is 18.1 Å². The molecule has 9 heteroatoms. The molecule has 1 aliphatic rings. The van der Waals surface area contributed by atoms with Crippen molar-refractivity contribution in [3.8, 4) is 0 Å². The van der Waals surface area contributed by atoms with Crippen LogP contribution in [0, 0.1) is 0 Å². The highest BCUT2D eigenvalue weighted by atomic mass is 19.4. The molecule has 0 radical (unpaired) electrons. The van der Waals surface area contributed by atoms with Crippen molar-refractivity contribution >= 4 is 0 Å². The number of nitrogens with two attached hydrogens (primary N) is 2. The van der Waals surface area contributed by atoms with Crippen LogP contribution in [0.2, 0.25) is 0 Å². The average Bonchev–Trinajstić information content (AvgIpc) is 2.51. The van der Waals surface area contributed by atoms with Crippen LogP contribution in [-0.4, -0.2) is 18.5 Å². The zero-order valence-corrected chi connectivity index (χ0v) is 12.2. The zero-order chi connectivity index (χ0) is 18.6. The first-order chi connectivity index (χ1) is 10.9. The van der Waals surface area contributed by atoms with Gasteiger partial charge in [-0.25, -0.2) is 8.78 Å². The summed E-state index contributed by atoms with van der Waals surface area (Å²) < 4.78 is 76.6. The summed E-state index contributed by atoms with van der Waals surface area (Å²) in [5.74, 6) is -5.90. The van der Waals surface area contributed by atoms with Crippen molar-refractivity contribution in [3.05, 3.63) is 59.8 Å². The summed E-state index contributed by atoms with van der Waals surface area (Å²) in [7, 11) is 0. The van der Waals surface area contributed by atoms with Crippen molar-refractivity contribution in [3.63, 3.8) is 0 Å². The molecule has 1 aliphatic carbocycles. The molecule has 24 heavy (non-hydrogen) atoms. The van der Waals surface area contributed by atoms with Crippen LogP contribution in [0.3, 0.4) is 0 Å². The van der Waals surface area contributed by atoms with Gasteiger partial charge in [-0.15, -0.1) is 0 Å². The molecule has 4 N–H and O–H groups in total. The van der Waals surface area contributed by atoms with Crippen molar-refractivity contribution in [2.45, 2.75) is 30.5 Å². The lowest BCUT2D eigenvalue weighted by Gasteiger charge is -2.27. The van der Waals surface area contributed by atoms with Crippen molar-refractivity contribution in [2.24, 2.45) is 11.5 Å². The van der Waals surface area contributed by atoms with Crippen LogP contribution in [0.4, 0.5) is 30.7 Å². The normalized spacial score (nSPS) is 21.1. The minimum atomic E-state index is -6.17. The fourth-order valence-corrected chi connectivity index (χ4v) is 1.75. The maximum Gasteiger partial charge on any atom is 0.459 e. The summed E-state index contributed by atoms with van der Waals surface area (Å²) in [5, 5.41) is 0. The van der Waals surface area contributed by atoms with Gasteiger partial charge < -0.3 is 11.5 Å². The zero-order valence-electron chi connectivity index (χ0n) is 12.2. The summed E-state index contributed by atoms with van der Waals surface area (Å²) in [6, 6.07) is 10.1. The predicted octanol–water partition coefficient (Wildman–Crippen LogP) is 4.09. The molecule has 1 aromatic carbocycles. The van der Waals surface area contributed by atoms with Gasteiger partial charge in [0.1, 0.15) is 0 Å². The van der Waals surface area contributed by atoms with Crippen LogP contribution >= 0.6 is 0 Å². The molecule has 2 nitrogen and oxygen atoms in total. The Morgan fingerprint density at radius 1 is 1.00 bits per heavy atom. The lowest BCUT2D eigenvalue weighted by molar-refractivity contribution is -0.320. The number of allylic oxidation sites excluding steroid dienone is 1. The number of benzene rings is 1. The van der Waals surface area contributed by atoms with E-state index in [-0.39, 0.29) is 5.54 Å². The van der Waals surface area contributed by atoms with E-state index >= 15 is 0 Å². The minimum absolute atomic E-state index is 0.385. The first-order valence-electron chi connectivity index (χ1n) is 6.62. The highest BCUT2D eigenvalue weighted by Crippen LogP contribution is 2.39. The number of hydrogen-bond acceptors (Lipinski definition) is 2. The van der Waals surface area contributed by atoms with E-state index in [2.05, 4.69) is 0 Å². The Morgan fingerprint density at radius 2 is 1.54 bits per heavy atom. The van der Waals surface area contributed by atoms with E-state index in [0.29, 0.717) is 0 Å². The standard InChI is InChI=1S/C12H14N2.C3HF7/c13-11-6-8-12(14,9-7-11)10-4-2-1-3-5-10;4-1(5)2(6,7)3(8,9)10/h1-8H,9,13-14H2;1H. The van der Waals surface area contributed by atoms with Gasteiger partial charge in [0.05, 0.1) is 5.54 Å². The molecular formula is C15H15F7N2. The SMILES string of the molecule is FC(F)C(F)(F)C(F)(F)F.NC1=CCC(N)(c2ccccc2)C=C1. The van der Waals surface area contributed by atoms with Crippen LogP contribution in [-0.2, 0) is 5.54 Å². The molecule has 2 rings (SSSR count). The molecule has 134 valence electrons. The molecule has 0 spiro atoms. The lowest BCUT2D eigenvalue weighted by Crippen LogP contribution is -2.42. The number of rotatable bonds is 2. The Morgan fingerprint density at radius 3 is 1.88 bits per heavy atom. The van der Waals surface area contributed by atoms with E-state index < -0.39 is 18.5 Å². The van der Waals surface area contributed by atoms with E-state index in [1.807, 2.05) is 48.6 Å². The second kappa shape index (κ2) is 7.25. The molecule has 0 aromatic heterocycles. The Balaban J connectivity index is 0.000000257. The van der Waals surface area contributed by atoms with Gasteiger partial charge in [-0.2, -0.15) is 22.0 Å². The molecule has 0 fully saturated rings. The average molecular weight is 356 g/mol. The van der Waals surface area contributed by atoms with Crippen LogP contribution < -0.4 is 11.5 Å². The third-order valence-electron chi connectivity index (χ3n) is 3.21. The molecule has 1 atom stereocenters. The molecule has 1 unspecified atom stereocenters. The molecule has 1 aromatic rings. The van der Waals surface area contributed by atoms with Gasteiger partial charge in [0, 0.05) is 5.70 Å². The Bertz CT molecular complexity index is 594. The van der Waals surface area contributed by atoms with Crippen molar-refractivity contribution in [1.29, 1.82) is 0 Å². The number of alkyl halides is 7. The quantitative estimate of drug-likeness (QED) is 0.784. The third kappa shape index (κ3) is 4.73. The van der Waals surface area contributed by atoms with E-state index in [1.165, 1.54) is 0 Å². The third-order valence-corrected chi connectivity index (χ3v) is 3.21. The summed E-state index contributed by atoms with van der Waals surface area (Å²) >= 11 is 0. The van der Waals surface area contributed by atoms with Gasteiger partial charge in [-0.3, -0.25) is 0 Å². The van der Waals surface area contributed by atoms with Crippen LogP contribution in [0.1, 0.15) is 12.0 Å². The summed E-state index contributed by atoms with van der Waals surface area (Å²) in [5.41, 5.74) is 13.4. The van der Waals surface area contributed by atoms with Gasteiger partial charge in [0.15, 0.2) is 0 Å². The molecule has 0 bridgehead atoms. The van der Waals surface area contributed by atoms with E-state index in [0.717, 1.165) is 17.7 Å². The maximum atomic E-state index is 11.2. The Labute approximate surface area is 133 Å². The summed E-state index contributed by atoms with van der Waals surface area (Å²) in [6.45, 7) is 0. The van der Waals surface area contributed by atoms with E-state index in [1.54, 1.807) is 0 Å². The highest BCUT2D eigenvalue weighted by molar-refractivity contribution is 5.36. The fourth-order valence-electron chi connectivity index (χ4n) is 1.75. The molecule has 0 aliphatic heterocycles. The first-order valence-corrected chi connectivity index (χ1v) is 6.62. The Kier molecular flexibility index (Phi) is 6.04. The number of halogens is 7. The van der Waals surface area contributed by atoms with Crippen LogP contribution in [0.15, 0.2) is 54.3 Å². The monoisotopic (exact) mass is 356 g/mol. The minimum Gasteiger partial charge on any atom is -0.399 e.